The molecule has 0 saturated carbocycles. The van der Waals surface area contributed by atoms with E-state index >= 15 is 0 Å². The van der Waals surface area contributed by atoms with Gasteiger partial charge in [-0.2, -0.15) is 8.78 Å². The Labute approximate surface area is 168 Å². The van der Waals surface area contributed by atoms with Crippen molar-refractivity contribution in [3.8, 4) is 11.5 Å². The number of hydrogen-bond donors (Lipinski definition) is 2. The first-order chi connectivity index (χ1) is 13.3. The van der Waals surface area contributed by atoms with Crippen LogP contribution in [-0.2, 0) is 6.54 Å². The Morgan fingerprint density at radius 1 is 1.18 bits per heavy atom. The summed E-state index contributed by atoms with van der Waals surface area (Å²) in [5.41, 5.74) is 8.04. The van der Waals surface area contributed by atoms with E-state index in [1.165, 1.54) is 17.4 Å². The zero-order valence-corrected chi connectivity index (χ0v) is 15.7. The van der Waals surface area contributed by atoms with E-state index in [9.17, 15) is 8.78 Å². The van der Waals surface area contributed by atoms with Crippen LogP contribution in [-0.4, -0.2) is 20.2 Å². The van der Waals surface area contributed by atoms with Crippen LogP contribution in [0.2, 0.25) is 10.0 Å². The van der Waals surface area contributed by atoms with Gasteiger partial charge in [-0.25, -0.2) is 5.84 Å². The van der Waals surface area contributed by atoms with Crippen molar-refractivity contribution in [2.45, 2.75) is 13.0 Å². The maximum absolute atomic E-state index is 12.5. The molecule has 0 unspecified atom stereocenters. The number of nitrogens with zero attached hydrogens (tertiary/aromatic N) is 4. The molecule has 0 fully saturated rings. The maximum atomic E-state index is 12.5. The van der Waals surface area contributed by atoms with Gasteiger partial charge >= 0.3 is 6.43 Å². The van der Waals surface area contributed by atoms with E-state index in [-0.39, 0.29) is 12.4 Å². The highest BCUT2D eigenvalue weighted by Crippen LogP contribution is 2.24. The molecule has 4 N–H and O–H groups in total. The molecule has 28 heavy (non-hydrogen) atoms. The molecule has 0 amide bonds. The second-order valence-corrected chi connectivity index (χ2v) is 6.57. The normalized spacial score (nSPS) is 11.9. The molecule has 0 aliphatic rings. The Balaban J connectivity index is 1.69. The highest BCUT2D eigenvalue weighted by Gasteiger charge is 2.17. The highest BCUT2D eigenvalue weighted by atomic mass is 35.5. The van der Waals surface area contributed by atoms with Gasteiger partial charge in [-0.3, -0.25) is 4.98 Å². The van der Waals surface area contributed by atoms with Gasteiger partial charge in [0.25, 0.3) is 5.89 Å². The maximum Gasteiger partial charge on any atom is 0.314 e. The van der Waals surface area contributed by atoms with Crippen LogP contribution in [0.3, 0.4) is 0 Å². The average Bonchev–Trinajstić information content (AvgIpc) is 3.12. The number of hydrazine groups is 1. The van der Waals surface area contributed by atoms with Gasteiger partial charge in [0.1, 0.15) is 0 Å². The Morgan fingerprint density at radius 3 is 2.46 bits per heavy atom. The fourth-order valence-electron chi connectivity index (χ4n) is 2.29. The van der Waals surface area contributed by atoms with Crippen LogP contribution in [0.1, 0.15) is 23.6 Å². The summed E-state index contributed by atoms with van der Waals surface area (Å²) >= 11 is 11.9. The van der Waals surface area contributed by atoms with Gasteiger partial charge in [-0.1, -0.05) is 23.2 Å². The number of halogens is 4. The van der Waals surface area contributed by atoms with Crippen molar-refractivity contribution in [1.29, 1.82) is 0 Å². The minimum absolute atomic E-state index is 0.0408. The molecule has 7 nitrogen and oxygen atoms in total. The average molecular weight is 427 g/mol. The molecule has 0 aliphatic carbocycles. The summed E-state index contributed by atoms with van der Waals surface area (Å²) in [5.74, 6) is 5.17. The molecule has 0 saturated heterocycles. The Morgan fingerprint density at radius 2 is 1.89 bits per heavy atom. The molecule has 3 rings (SSSR count). The smallest absolute Gasteiger partial charge is 0.314 e. The van der Waals surface area contributed by atoms with Crippen molar-refractivity contribution >= 4 is 28.9 Å². The van der Waals surface area contributed by atoms with Crippen molar-refractivity contribution in [3.63, 3.8) is 0 Å². The first-order valence-corrected chi connectivity index (χ1v) is 8.59. The monoisotopic (exact) mass is 426 g/mol. The molecule has 11 heteroatoms. The van der Waals surface area contributed by atoms with Crippen molar-refractivity contribution in [3.05, 3.63) is 69.9 Å². The van der Waals surface area contributed by atoms with Gasteiger partial charge in [0.15, 0.2) is 0 Å². The van der Waals surface area contributed by atoms with Gasteiger partial charge in [-0.05, 0) is 30.3 Å². The summed E-state index contributed by atoms with van der Waals surface area (Å²) in [5, 5.41) is 9.09. The summed E-state index contributed by atoms with van der Waals surface area (Å²) in [6, 6.07) is 8.19. The quantitative estimate of drug-likeness (QED) is 0.452. The SMILES string of the molecule is N/C(=C\N(N)Cc1ccc(-c2nnc(C(F)F)o2)cn1)c1cc(Cl)cc(Cl)c1. The third kappa shape index (κ3) is 4.94. The summed E-state index contributed by atoms with van der Waals surface area (Å²) in [7, 11) is 0. The molecule has 3 aromatic rings. The van der Waals surface area contributed by atoms with Gasteiger partial charge in [0.05, 0.1) is 23.5 Å². The number of hydrogen-bond acceptors (Lipinski definition) is 7. The molecular formula is C17H14Cl2F2N6O. The van der Waals surface area contributed by atoms with Gasteiger partial charge in [0, 0.05) is 28.0 Å². The van der Waals surface area contributed by atoms with Crippen LogP contribution in [0.4, 0.5) is 8.78 Å². The molecule has 0 spiro atoms. The van der Waals surface area contributed by atoms with Crippen LogP contribution in [0.25, 0.3) is 17.2 Å². The Bertz CT molecular complexity index is 973. The van der Waals surface area contributed by atoms with E-state index in [0.717, 1.165) is 0 Å². The molecular weight excluding hydrogens is 413 g/mol. The summed E-state index contributed by atoms with van der Waals surface area (Å²) < 4.78 is 29.9. The zero-order chi connectivity index (χ0) is 20.3. The third-order valence-corrected chi connectivity index (χ3v) is 3.98. The first kappa shape index (κ1) is 20.0. The van der Waals surface area contributed by atoms with E-state index in [1.807, 2.05) is 0 Å². The van der Waals surface area contributed by atoms with Crippen molar-refractivity contribution < 1.29 is 13.2 Å². The number of benzene rings is 1. The van der Waals surface area contributed by atoms with Gasteiger partial charge in [0.2, 0.25) is 5.89 Å². The fraction of sp³-hybridized carbons (Fsp3) is 0.118. The van der Waals surface area contributed by atoms with Crippen LogP contribution in [0.15, 0.2) is 47.1 Å². The van der Waals surface area contributed by atoms with Crippen molar-refractivity contribution in [1.82, 2.24) is 20.2 Å². The highest BCUT2D eigenvalue weighted by molar-refractivity contribution is 6.34. The molecule has 2 aromatic heterocycles. The lowest BCUT2D eigenvalue weighted by Crippen LogP contribution is -2.26. The summed E-state index contributed by atoms with van der Waals surface area (Å²) in [6.45, 7) is 0.237. The van der Waals surface area contributed by atoms with E-state index in [4.69, 9.17) is 39.2 Å². The topological polar surface area (TPSA) is 107 Å². The van der Waals surface area contributed by atoms with E-state index in [1.54, 1.807) is 30.3 Å². The molecule has 1 aromatic carbocycles. The predicted molar refractivity (Wildman–Crippen MR) is 101 cm³/mol. The molecule has 0 aliphatic heterocycles. The lowest BCUT2D eigenvalue weighted by Gasteiger charge is -2.15. The second kappa shape index (κ2) is 8.51. The van der Waals surface area contributed by atoms with Crippen LogP contribution >= 0.6 is 23.2 Å². The lowest BCUT2D eigenvalue weighted by molar-refractivity contribution is 0.116. The molecule has 146 valence electrons. The van der Waals surface area contributed by atoms with Crippen LogP contribution in [0, 0.1) is 0 Å². The first-order valence-electron chi connectivity index (χ1n) is 7.84. The standard InChI is InChI=1S/C17H14Cl2F2N6O/c18-11-3-10(4-12(19)5-11)14(22)8-27(23)7-13-2-1-9(6-24-13)16-25-26-17(28-16)15(20)21/h1-6,8,15H,7,22-23H2/b14-8-. The fourth-order valence-corrected chi connectivity index (χ4v) is 2.82. The van der Waals surface area contributed by atoms with E-state index < -0.39 is 12.3 Å². The molecule has 2 heterocycles. The summed E-state index contributed by atoms with van der Waals surface area (Å²) in [4.78, 5) is 4.21. The number of pyridine rings is 1. The van der Waals surface area contributed by atoms with Gasteiger partial charge < -0.3 is 15.2 Å². The molecule has 0 bridgehead atoms. The van der Waals surface area contributed by atoms with E-state index in [0.29, 0.717) is 32.6 Å². The van der Waals surface area contributed by atoms with E-state index in [2.05, 4.69) is 15.2 Å². The molecule has 0 radical (unpaired) electrons. The Hall–Kier alpha value is -2.75. The van der Waals surface area contributed by atoms with Crippen molar-refractivity contribution in [2.75, 3.05) is 0 Å². The summed E-state index contributed by atoms with van der Waals surface area (Å²) in [6.07, 6.45) is 0.117. The Kier molecular flexibility index (Phi) is 6.08. The number of alkyl halides is 2. The zero-order valence-electron chi connectivity index (χ0n) is 14.2. The number of nitrogens with two attached hydrogens (primary N) is 2. The van der Waals surface area contributed by atoms with Gasteiger partial charge in [-0.15, -0.1) is 10.2 Å². The second-order valence-electron chi connectivity index (χ2n) is 5.70. The molecule has 0 atom stereocenters. The van der Waals surface area contributed by atoms with Crippen molar-refractivity contribution in [2.24, 2.45) is 11.6 Å². The third-order valence-electron chi connectivity index (χ3n) is 3.54. The van der Waals surface area contributed by atoms with Crippen LogP contribution < -0.4 is 11.6 Å². The lowest BCUT2D eigenvalue weighted by atomic mass is 10.2. The minimum Gasteiger partial charge on any atom is -0.415 e. The number of aromatic nitrogens is 3. The minimum atomic E-state index is -2.83. The predicted octanol–water partition coefficient (Wildman–Crippen LogP) is 4.01. The van der Waals surface area contributed by atoms with Crippen LogP contribution in [0.5, 0.6) is 0 Å². The number of rotatable bonds is 6. The largest absolute Gasteiger partial charge is 0.415 e.